The standard InChI is InChI=1S/C17H21N3O3/c1-5-10-23-16(21)14-11(2)18-17(22)19-15(14)12-6-8-13(9-7-12)20(3)4/h5-9,15H,1,10H2,2-4H3,(H2,18,19,22)/t15-/m0/s1. The summed E-state index contributed by atoms with van der Waals surface area (Å²) in [5.41, 5.74) is 2.73. The fraction of sp³-hybridized carbons (Fsp3) is 0.294. The van der Waals surface area contributed by atoms with E-state index in [1.165, 1.54) is 6.08 Å². The van der Waals surface area contributed by atoms with E-state index in [0.717, 1.165) is 11.3 Å². The second-order valence-electron chi connectivity index (χ2n) is 5.44. The second-order valence-corrected chi connectivity index (χ2v) is 5.44. The van der Waals surface area contributed by atoms with E-state index in [0.29, 0.717) is 11.3 Å². The van der Waals surface area contributed by atoms with Crippen molar-refractivity contribution in [2.24, 2.45) is 0 Å². The molecular weight excluding hydrogens is 294 g/mol. The minimum Gasteiger partial charge on any atom is -0.458 e. The smallest absolute Gasteiger partial charge is 0.338 e. The van der Waals surface area contributed by atoms with Crippen LogP contribution in [0.2, 0.25) is 0 Å². The van der Waals surface area contributed by atoms with Crippen LogP contribution in [0.5, 0.6) is 0 Å². The summed E-state index contributed by atoms with van der Waals surface area (Å²) in [6, 6.07) is 6.76. The molecule has 2 N–H and O–H groups in total. The van der Waals surface area contributed by atoms with Gasteiger partial charge in [-0.2, -0.15) is 0 Å². The normalized spacial score (nSPS) is 17.2. The Bertz CT molecular complexity index is 648. The van der Waals surface area contributed by atoms with Gasteiger partial charge in [0.1, 0.15) is 6.61 Å². The van der Waals surface area contributed by atoms with E-state index in [4.69, 9.17) is 4.74 Å². The van der Waals surface area contributed by atoms with Gasteiger partial charge in [0.15, 0.2) is 0 Å². The van der Waals surface area contributed by atoms with Gasteiger partial charge in [-0.15, -0.1) is 0 Å². The van der Waals surface area contributed by atoms with Crippen LogP contribution < -0.4 is 15.5 Å². The summed E-state index contributed by atoms with van der Waals surface area (Å²) < 4.78 is 5.14. The van der Waals surface area contributed by atoms with Gasteiger partial charge >= 0.3 is 12.0 Å². The Kier molecular flexibility index (Phi) is 5.05. The molecule has 0 unspecified atom stereocenters. The zero-order valence-electron chi connectivity index (χ0n) is 13.6. The quantitative estimate of drug-likeness (QED) is 0.645. The third kappa shape index (κ3) is 3.71. The zero-order chi connectivity index (χ0) is 17.0. The van der Waals surface area contributed by atoms with Crippen molar-refractivity contribution >= 4 is 17.7 Å². The predicted octanol–water partition coefficient (Wildman–Crippen LogP) is 2.11. The number of hydrogen-bond donors (Lipinski definition) is 2. The van der Waals surface area contributed by atoms with Crippen molar-refractivity contribution in [3.8, 4) is 0 Å². The molecule has 1 aromatic carbocycles. The Morgan fingerprint density at radius 2 is 2.00 bits per heavy atom. The first-order chi connectivity index (χ1) is 10.9. The molecule has 2 rings (SSSR count). The van der Waals surface area contributed by atoms with E-state index >= 15 is 0 Å². The Hall–Kier alpha value is -2.76. The van der Waals surface area contributed by atoms with Crippen LogP contribution in [-0.2, 0) is 9.53 Å². The topological polar surface area (TPSA) is 70.7 Å². The lowest BCUT2D eigenvalue weighted by Gasteiger charge is -2.28. The van der Waals surface area contributed by atoms with Gasteiger partial charge in [-0.25, -0.2) is 9.59 Å². The highest BCUT2D eigenvalue weighted by Gasteiger charge is 2.32. The van der Waals surface area contributed by atoms with Crippen LogP contribution in [0.1, 0.15) is 18.5 Å². The number of anilines is 1. The average molecular weight is 315 g/mol. The van der Waals surface area contributed by atoms with Crippen molar-refractivity contribution in [1.82, 2.24) is 10.6 Å². The molecule has 0 radical (unpaired) electrons. The van der Waals surface area contributed by atoms with Crippen LogP contribution in [0.25, 0.3) is 0 Å². The summed E-state index contributed by atoms with van der Waals surface area (Å²) in [6.45, 7) is 5.33. The van der Waals surface area contributed by atoms with Gasteiger partial charge < -0.3 is 20.3 Å². The Morgan fingerprint density at radius 3 is 2.57 bits per heavy atom. The third-order valence-corrected chi connectivity index (χ3v) is 3.56. The van der Waals surface area contributed by atoms with Crippen LogP contribution >= 0.6 is 0 Å². The molecule has 0 aliphatic carbocycles. The molecule has 1 aliphatic heterocycles. The Labute approximate surface area is 135 Å². The molecule has 0 saturated heterocycles. The summed E-state index contributed by atoms with van der Waals surface area (Å²) in [4.78, 5) is 26.1. The molecule has 0 spiro atoms. The SMILES string of the molecule is C=CCOC(=O)C1=C(C)NC(=O)N[C@H]1c1ccc(N(C)C)cc1. The first-order valence-corrected chi connectivity index (χ1v) is 7.27. The van der Waals surface area contributed by atoms with E-state index in [-0.39, 0.29) is 12.6 Å². The fourth-order valence-corrected chi connectivity index (χ4v) is 2.39. The van der Waals surface area contributed by atoms with E-state index in [1.807, 2.05) is 43.3 Å². The van der Waals surface area contributed by atoms with Crippen LogP contribution in [0, 0.1) is 0 Å². The lowest BCUT2D eigenvalue weighted by molar-refractivity contribution is -0.138. The number of carbonyl (C=O) groups excluding carboxylic acids is 2. The highest BCUT2D eigenvalue weighted by atomic mass is 16.5. The first-order valence-electron chi connectivity index (χ1n) is 7.27. The van der Waals surface area contributed by atoms with Gasteiger partial charge in [0.05, 0.1) is 11.6 Å². The van der Waals surface area contributed by atoms with Crippen LogP contribution in [-0.4, -0.2) is 32.7 Å². The number of urea groups is 1. The molecule has 0 fully saturated rings. The molecule has 0 aromatic heterocycles. The van der Waals surface area contributed by atoms with E-state index in [2.05, 4.69) is 17.2 Å². The number of nitrogens with zero attached hydrogens (tertiary/aromatic N) is 1. The summed E-state index contributed by atoms with van der Waals surface area (Å²) >= 11 is 0. The number of nitrogens with one attached hydrogen (secondary N) is 2. The van der Waals surface area contributed by atoms with E-state index in [1.54, 1.807) is 6.92 Å². The lowest BCUT2D eigenvalue weighted by atomic mass is 9.95. The van der Waals surface area contributed by atoms with E-state index in [9.17, 15) is 9.59 Å². The molecule has 2 amide bonds. The molecule has 1 heterocycles. The number of benzene rings is 1. The zero-order valence-corrected chi connectivity index (χ0v) is 13.6. The van der Waals surface area contributed by atoms with Crippen LogP contribution in [0.4, 0.5) is 10.5 Å². The van der Waals surface area contributed by atoms with Crippen molar-refractivity contribution in [3.63, 3.8) is 0 Å². The lowest BCUT2D eigenvalue weighted by Crippen LogP contribution is -2.45. The van der Waals surface area contributed by atoms with Crippen molar-refractivity contribution < 1.29 is 14.3 Å². The first kappa shape index (κ1) is 16.6. The monoisotopic (exact) mass is 315 g/mol. The molecule has 23 heavy (non-hydrogen) atoms. The molecular formula is C17H21N3O3. The van der Waals surface area contributed by atoms with Gasteiger partial charge in [0, 0.05) is 25.5 Å². The molecule has 1 atom stereocenters. The molecule has 122 valence electrons. The number of amides is 2. The number of ether oxygens (including phenoxy) is 1. The third-order valence-electron chi connectivity index (χ3n) is 3.56. The Morgan fingerprint density at radius 1 is 1.35 bits per heavy atom. The second kappa shape index (κ2) is 7.00. The fourth-order valence-electron chi connectivity index (χ4n) is 2.39. The summed E-state index contributed by atoms with van der Waals surface area (Å²) in [7, 11) is 3.90. The molecule has 6 nitrogen and oxygen atoms in total. The minimum absolute atomic E-state index is 0.121. The van der Waals surface area contributed by atoms with Gasteiger partial charge in [-0.3, -0.25) is 0 Å². The van der Waals surface area contributed by atoms with Crippen molar-refractivity contribution in [3.05, 3.63) is 53.8 Å². The molecule has 1 aliphatic rings. The highest BCUT2D eigenvalue weighted by Crippen LogP contribution is 2.28. The molecule has 6 heteroatoms. The molecule has 0 bridgehead atoms. The van der Waals surface area contributed by atoms with Gasteiger partial charge in [-0.05, 0) is 24.6 Å². The summed E-state index contributed by atoms with van der Waals surface area (Å²) in [6.07, 6.45) is 1.50. The maximum atomic E-state index is 12.3. The molecule has 1 aromatic rings. The van der Waals surface area contributed by atoms with Crippen molar-refractivity contribution in [1.29, 1.82) is 0 Å². The summed E-state index contributed by atoms with van der Waals surface area (Å²) in [5.74, 6) is -0.475. The molecule has 0 saturated carbocycles. The number of allylic oxidation sites excluding steroid dienone is 1. The predicted molar refractivity (Wildman–Crippen MR) is 89.0 cm³/mol. The van der Waals surface area contributed by atoms with E-state index < -0.39 is 12.0 Å². The minimum atomic E-state index is -0.544. The van der Waals surface area contributed by atoms with Crippen molar-refractivity contribution in [2.75, 3.05) is 25.6 Å². The largest absolute Gasteiger partial charge is 0.458 e. The van der Waals surface area contributed by atoms with Crippen LogP contribution in [0.15, 0.2) is 48.2 Å². The van der Waals surface area contributed by atoms with Gasteiger partial charge in [0.2, 0.25) is 0 Å². The number of rotatable bonds is 5. The van der Waals surface area contributed by atoms with Crippen LogP contribution in [0.3, 0.4) is 0 Å². The highest BCUT2D eigenvalue weighted by molar-refractivity contribution is 5.95. The maximum Gasteiger partial charge on any atom is 0.338 e. The number of carbonyl (C=O) groups is 2. The van der Waals surface area contributed by atoms with Gasteiger partial charge in [-0.1, -0.05) is 24.8 Å². The number of esters is 1. The average Bonchev–Trinajstić information content (AvgIpc) is 2.52. The summed E-state index contributed by atoms with van der Waals surface area (Å²) in [5, 5.41) is 5.38. The maximum absolute atomic E-state index is 12.3. The Balaban J connectivity index is 2.36. The van der Waals surface area contributed by atoms with Gasteiger partial charge in [0.25, 0.3) is 0 Å². The van der Waals surface area contributed by atoms with Crippen molar-refractivity contribution in [2.45, 2.75) is 13.0 Å². The number of hydrogen-bond acceptors (Lipinski definition) is 4.